The fraction of sp³-hybridized carbons (Fsp3) is 0.455. The normalized spacial score (nSPS) is 11.5. The summed E-state index contributed by atoms with van der Waals surface area (Å²) in [5, 5.41) is -0.702. The highest BCUT2D eigenvalue weighted by molar-refractivity contribution is 8.14. The Hall–Kier alpha value is -0.720. The lowest BCUT2D eigenvalue weighted by Gasteiger charge is -2.16. The van der Waals surface area contributed by atoms with Gasteiger partial charge in [-0.15, -0.1) is 0 Å². The predicted octanol–water partition coefficient (Wildman–Crippen LogP) is 3.55. The molecule has 0 fully saturated rings. The van der Waals surface area contributed by atoms with Gasteiger partial charge < -0.3 is 10.5 Å². The molecule has 19 heavy (non-hydrogen) atoms. The van der Waals surface area contributed by atoms with Crippen LogP contribution in [-0.2, 0) is 4.79 Å². The molecule has 0 bridgehead atoms. The molecule has 0 atom stereocenters. The van der Waals surface area contributed by atoms with E-state index in [0.29, 0.717) is 0 Å². The van der Waals surface area contributed by atoms with E-state index in [2.05, 4.69) is 4.98 Å². The van der Waals surface area contributed by atoms with Crippen molar-refractivity contribution >= 4 is 45.8 Å². The van der Waals surface area contributed by atoms with Crippen LogP contribution in [0.1, 0.15) is 20.8 Å². The Morgan fingerprint density at radius 1 is 1.42 bits per heavy atom. The summed E-state index contributed by atoms with van der Waals surface area (Å²) in [6.45, 7) is 5.39. The minimum Gasteiger partial charge on any atom is -0.467 e. The highest BCUT2D eigenvalue weighted by atomic mass is 35.5. The van der Waals surface area contributed by atoms with Gasteiger partial charge in [-0.1, -0.05) is 55.7 Å². The van der Waals surface area contributed by atoms with Crippen LogP contribution < -0.4 is 10.5 Å². The molecule has 0 aliphatic carbocycles. The number of rotatable bonds is 3. The van der Waals surface area contributed by atoms with E-state index in [-0.39, 0.29) is 38.1 Å². The van der Waals surface area contributed by atoms with Crippen molar-refractivity contribution in [2.75, 3.05) is 12.3 Å². The van der Waals surface area contributed by atoms with E-state index in [0.717, 1.165) is 11.8 Å². The summed E-state index contributed by atoms with van der Waals surface area (Å²) in [6, 6.07) is 0. The molecule has 0 saturated heterocycles. The third-order valence-corrected chi connectivity index (χ3v) is 3.47. The molecular formula is C11H13Cl2FN2O2S. The zero-order valence-corrected chi connectivity index (χ0v) is 12.9. The van der Waals surface area contributed by atoms with Crippen LogP contribution in [0.4, 0.5) is 10.1 Å². The molecule has 106 valence electrons. The first kappa shape index (κ1) is 16.3. The number of nitrogens with two attached hydrogens (primary N) is 1. The molecule has 2 N–H and O–H groups in total. The molecule has 0 spiro atoms. The zero-order valence-electron chi connectivity index (χ0n) is 10.6. The van der Waals surface area contributed by atoms with E-state index in [1.807, 2.05) is 20.8 Å². The fourth-order valence-corrected chi connectivity index (χ4v) is 2.28. The first-order chi connectivity index (χ1) is 8.61. The van der Waals surface area contributed by atoms with Gasteiger partial charge in [0.2, 0.25) is 16.9 Å². The summed E-state index contributed by atoms with van der Waals surface area (Å²) in [7, 11) is 0. The fourth-order valence-electron chi connectivity index (χ4n) is 1.10. The highest BCUT2D eigenvalue weighted by Gasteiger charge is 2.20. The standard InChI is InChI=1S/C11H13Cl2FN2O2S/c1-11(2,3)19-5(17)4-18-10-7(13)8(15)6(12)9(14)16-10/h4H2,1-3H3,(H2,15,16). The van der Waals surface area contributed by atoms with Crippen molar-refractivity contribution in [1.29, 1.82) is 0 Å². The molecule has 1 rings (SSSR count). The van der Waals surface area contributed by atoms with Gasteiger partial charge in [0, 0.05) is 4.75 Å². The minimum atomic E-state index is -0.991. The van der Waals surface area contributed by atoms with Crippen LogP contribution in [0.15, 0.2) is 0 Å². The van der Waals surface area contributed by atoms with Gasteiger partial charge >= 0.3 is 0 Å². The minimum absolute atomic E-state index is 0.111. The molecule has 0 saturated carbocycles. The number of pyridine rings is 1. The van der Waals surface area contributed by atoms with Crippen molar-refractivity contribution in [3.8, 4) is 5.88 Å². The van der Waals surface area contributed by atoms with Crippen molar-refractivity contribution in [1.82, 2.24) is 4.98 Å². The van der Waals surface area contributed by atoms with E-state index in [4.69, 9.17) is 33.7 Å². The Kier molecular flexibility index (Phi) is 5.29. The number of hydrogen-bond donors (Lipinski definition) is 1. The molecule has 4 nitrogen and oxygen atoms in total. The Morgan fingerprint density at radius 2 is 2.00 bits per heavy atom. The number of ether oxygens (including phenoxy) is 1. The lowest BCUT2D eigenvalue weighted by Crippen LogP contribution is -2.17. The van der Waals surface area contributed by atoms with Crippen molar-refractivity contribution in [3.63, 3.8) is 0 Å². The third kappa shape index (κ3) is 4.71. The Balaban J connectivity index is 2.77. The quantitative estimate of drug-likeness (QED) is 0.860. The monoisotopic (exact) mass is 326 g/mol. The number of aromatic nitrogens is 1. The van der Waals surface area contributed by atoms with Crippen molar-refractivity contribution in [2.45, 2.75) is 25.5 Å². The highest BCUT2D eigenvalue weighted by Crippen LogP contribution is 2.35. The van der Waals surface area contributed by atoms with E-state index >= 15 is 0 Å². The second kappa shape index (κ2) is 6.15. The number of carbonyl (C=O) groups is 1. The molecule has 1 aromatic rings. The van der Waals surface area contributed by atoms with E-state index in [1.54, 1.807) is 0 Å². The largest absolute Gasteiger partial charge is 0.467 e. The molecule has 0 unspecified atom stereocenters. The van der Waals surface area contributed by atoms with Gasteiger partial charge in [-0.2, -0.15) is 9.37 Å². The summed E-state index contributed by atoms with van der Waals surface area (Å²) in [5.41, 5.74) is 5.31. The van der Waals surface area contributed by atoms with Gasteiger partial charge in [0.25, 0.3) is 0 Å². The summed E-state index contributed by atoms with van der Waals surface area (Å²) in [4.78, 5) is 15.0. The van der Waals surface area contributed by atoms with Crippen LogP contribution >= 0.6 is 35.0 Å². The Morgan fingerprint density at radius 3 is 2.53 bits per heavy atom. The number of hydrogen-bond acceptors (Lipinski definition) is 5. The van der Waals surface area contributed by atoms with Crippen LogP contribution in [-0.4, -0.2) is 21.5 Å². The number of anilines is 1. The van der Waals surface area contributed by atoms with Crippen LogP contribution in [0.5, 0.6) is 5.88 Å². The average Bonchev–Trinajstić information content (AvgIpc) is 2.27. The maximum absolute atomic E-state index is 13.3. The summed E-state index contributed by atoms with van der Waals surface area (Å²) in [5.74, 6) is -1.24. The van der Waals surface area contributed by atoms with Crippen LogP contribution in [0.25, 0.3) is 0 Å². The third-order valence-electron chi connectivity index (χ3n) is 1.79. The number of nitrogens with zero attached hydrogens (tertiary/aromatic N) is 1. The number of nitrogen functional groups attached to an aromatic ring is 1. The Labute approximate surface area is 124 Å². The topological polar surface area (TPSA) is 65.2 Å². The molecule has 1 aromatic heterocycles. The van der Waals surface area contributed by atoms with E-state index in [9.17, 15) is 9.18 Å². The first-order valence-electron chi connectivity index (χ1n) is 5.26. The molecule has 0 aromatic carbocycles. The van der Waals surface area contributed by atoms with Gasteiger partial charge in [0.15, 0.2) is 6.61 Å². The van der Waals surface area contributed by atoms with Gasteiger partial charge in [0.05, 0.1) is 5.69 Å². The number of carbonyl (C=O) groups excluding carboxylic acids is 1. The second-order valence-corrected chi connectivity index (χ2v) is 7.26. The van der Waals surface area contributed by atoms with Crippen LogP contribution in [0.3, 0.4) is 0 Å². The van der Waals surface area contributed by atoms with Gasteiger partial charge in [-0.25, -0.2) is 0 Å². The molecule has 0 amide bonds. The van der Waals surface area contributed by atoms with Gasteiger partial charge in [0.1, 0.15) is 10.0 Å². The molecule has 0 radical (unpaired) electrons. The average molecular weight is 327 g/mol. The Bertz CT molecular complexity index is 506. The summed E-state index contributed by atoms with van der Waals surface area (Å²) < 4.78 is 18.1. The number of halogens is 3. The zero-order chi connectivity index (χ0) is 14.8. The maximum Gasteiger partial charge on any atom is 0.238 e. The molecule has 8 heteroatoms. The van der Waals surface area contributed by atoms with Gasteiger partial charge in [-0.05, 0) is 0 Å². The van der Waals surface area contributed by atoms with Crippen molar-refractivity contribution in [2.24, 2.45) is 0 Å². The first-order valence-corrected chi connectivity index (χ1v) is 6.83. The van der Waals surface area contributed by atoms with Crippen LogP contribution in [0.2, 0.25) is 10.0 Å². The summed E-state index contributed by atoms with van der Waals surface area (Å²) >= 11 is 12.4. The molecule has 0 aliphatic rings. The van der Waals surface area contributed by atoms with E-state index < -0.39 is 5.95 Å². The molecular weight excluding hydrogens is 314 g/mol. The van der Waals surface area contributed by atoms with Crippen molar-refractivity contribution in [3.05, 3.63) is 16.0 Å². The van der Waals surface area contributed by atoms with Crippen molar-refractivity contribution < 1.29 is 13.9 Å². The number of thioether (sulfide) groups is 1. The summed E-state index contributed by atoms with van der Waals surface area (Å²) in [6.07, 6.45) is 0. The van der Waals surface area contributed by atoms with Gasteiger partial charge in [-0.3, -0.25) is 4.79 Å². The molecule has 1 heterocycles. The lowest BCUT2D eigenvalue weighted by molar-refractivity contribution is -0.112. The molecule has 0 aliphatic heterocycles. The van der Waals surface area contributed by atoms with Crippen LogP contribution in [0, 0.1) is 5.95 Å². The SMILES string of the molecule is CC(C)(C)SC(=O)COc1nc(F)c(Cl)c(N)c1Cl. The lowest BCUT2D eigenvalue weighted by atomic mass is 10.3. The maximum atomic E-state index is 13.3. The van der Waals surface area contributed by atoms with E-state index in [1.165, 1.54) is 0 Å². The smallest absolute Gasteiger partial charge is 0.238 e. The second-order valence-electron chi connectivity index (χ2n) is 4.62. The predicted molar refractivity (Wildman–Crippen MR) is 76.5 cm³/mol.